The molecule has 2 aromatic heterocycles. The van der Waals surface area contributed by atoms with E-state index in [0.717, 1.165) is 10.0 Å². The number of nitrogens with zero attached hydrogens (tertiary/aromatic N) is 4. The molecule has 2 aromatic rings. The van der Waals surface area contributed by atoms with E-state index in [0.29, 0.717) is 5.82 Å². The van der Waals surface area contributed by atoms with Gasteiger partial charge in [0.1, 0.15) is 6.33 Å². The SMILES string of the molecule is Cc1cnc(-n2cnc(N)n2)c(Br)c1. The number of halogens is 1. The lowest BCUT2D eigenvalue weighted by molar-refractivity contribution is 0.842. The fourth-order valence-corrected chi connectivity index (χ4v) is 1.72. The second-order valence-corrected chi connectivity index (χ2v) is 3.72. The maximum atomic E-state index is 5.41. The molecule has 0 saturated carbocycles. The van der Waals surface area contributed by atoms with Gasteiger partial charge in [0.25, 0.3) is 0 Å². The van der Waals surface area contributed by atoms with Crippen LogP contribution >= 0.6 is 15.9 Å². The van der Waals surface area contributed by atoms with Crippen LogP contribution in [0.2, 0.25) is 0 Å². The molecule has 6 heteroatoms. The Bertz CT molecular complexity index is 465. The van der Waals surface area contributed by atoms with Gasteiger partial charge in [0.15, 0.2) is 5.82 Å². The Morgan fingerprint density at radius 2 is 2.21 bits per heavy atom. The summed E-state index contributed by atoms with van der Waals surface area (Å²) >= 11 is 3.40. The summed E-state index contributed by atoms with van der Waals surface area (Å²) in [7, 11) is 0. The molecule has 2 rings (SSSR count). The van der Waals surface area contributed by atoms with Gasteiger partial charge in [-0.3, -0.25) is 0 Å². The van der Waals surface area contributed by atoms with Crippen molar-refractivity contribution in [3.63, 3.8) is 0 Å². The Morgan fingerprint density at radius 1 is 1.43 bits per heavy atom. The van der Waals surface area contributed by atoms with Gasteiger partial charge in [0.2, 0.25) is 5.95 Å². The Morgan fingerprint density at radius 3 is 2.79 bits per heavy atom. The van der Waals surface area contributed by atoms with Crippen LogP contribution in [0, 0.1) is 6.92 Å². The molecule has 0 aliphatic rings. The molecular weight excluding hydrogens is 246 g/mol. The van der Waals surface area contributed by atoms with Gasteiger partial charge in [-0.2, -0.15) is 4.68 Å². The molecule has 14 heavy (non-hydrogen) atoms. The summed E-state index contributed by atoms with van der Waals surface area (Å²) in [6.45, 7) is 1.97. The van der Waals surface area contributed by atoms with E-state index in [1.54, 1.807) is 6.20 Å². The summed E-state index contributed by atoms with van der Waals surface area (Å²) in [6, 6.07) is 1.96. The minimum atomic E-state index is 0.235. The third kappa shape index (κ3) is 1.60. The van der Waals surface area contributed by atoms with Gasteiger partial charge in [0.05, 0.1) is 4.47 Å². The van der Waals surface area contributed by atoms with Crippen LogP contribution in [0.1, 0.15) is 5.56 Å². The zero-order valence-corrected chi connectivity index (χ0v) is 9.06. The minimum absolute atomic E-state index is 0.235. The molecule has 0 aromatic carbocycles. The zero-order chi connectivity index (χ0) is 10.1. The van der Waals surface area contributed by atoms with E-state index >= 15 is 0 Å². The van der Waals surface area contributed by atoms with Crippen LogP contribution in [0.4, 0.5) is 5.95 Å². The lowest BCUT2D eigenvalue weighted by atomic mass is 10.3. The van der Waals surface area contributed by atoms with E-state index in [9.17, 15) is 0 Å². The lowest BCUT2D eigenvalue weighted by Gasteiger charge is -2.02. The molecule has 72 valence electrons. The molecular formula is C8H8BrN5. The average molecular weight is 254 g/mol. The molecule has 0 radical (unpaired) electrons. The third-order valence-corrected chi connectivity index (χ3v) is 2.27. The van der Waals surface area contributed by atoms with Crippen LogP contribution in [0.5, 0.6) is 0 Å². The largest absolute Gasteiger partial charge is 0.366 e. The third-order valence-electron chi connectivity index (χ3n) is 1.69. The van der Waals surface area contributed by atoms with Gasteiger partial charge in [-0.1, -0.05) is 0 Å². The van der Waals surface area contributed by atoms with Crippen LogP contribution in [0.15, 0.2) is 23.1 Å². The van der Waals surface area contributed by atoms with Crippen molar-refractivity contribution in [2.45, 2.75) is 6.92 Å². The van der Waals surface area contributed by atoms with Crippen LogP contribution in [-0.4, -0.2) is 19.7 Å². The van der Waals surface area contributed by atoms with Crippen molar-refractivity contribution in [2.75, 3.05) is 5.73 Å². The van der Waals surface area contributed by atoms with E-state index < -0.39 is 0 Å². The molecule has 0 amide bonds. The number of aryl methyl sites for hydroxylation is 1. The normalized spacial score (nSPS) is 10.4. The maximum absolute atomic E-state index is 5.41. The molecule has 0 spiro atoms. The Hall–Kier alpha value is -1.43. The fraction of sp³-hybridized carbons (Fsp3) is 0.125. The van der Waals surface area contributed by atoms with Crippen molar-refractivity contribution >= 4 is 21.9 Å². The lowest BCUT2D eigenvalue weighted by Crippen LogP contribution is -2.00. The molecule has 0 unspecified atom stereocenters. The van der Waals surface area contributed by atoms with Crippen molar-refractivity contribution in [1.82, 2.24) is 19.7 Å². The highest BCUT2D eigenvalue weighted by Crippen LogP contribution is 2.18. The first-order valence-electron chi connectivity index (χ1n) is 3.96. The zero-order valence-electron chi connectivity index (χ0n) is 7.48. The Labute approximate surface area is 89.1 Å². The van der Waals surface area contributed by atoms with Crippen molar-refractivity contribution in [2.24, 2.45) is 0 Å². The average Bonchev–Trinajstić information content (AvgIpc) is 2.51. The Balaban J connectivity index is 2.52. The van der Waals surface area contributed by atoms with Crippen LogP contribution in [-0.2, 0) is 0 Å². The molecule has 5 nitrogen and oxygen atoms in total. The molecule has 0 aliphatic carbocycles. The summed E-state index contributed by atoms with van der Waals surface area (Å²) in [5, 5.41) is 3.96. The van der Waals surface area contributed by atoms with Crippen molar-refractivity contribution in [1.29, 1.82) is 0 Å². The van der Waals surface area contributed by atoms with E-state index in [2.05, 4.69) is 31.0 Å². The van der Waals surface area contributed by atoms with Gasteiger partial charge in [-0.15, -0.1) is 5.10 Å². The number of rotatable bonds is 1. The smallest absolute Gasteiger partial charge is 0.239 e. The summed E-state index contributed by atoms with van der Waals surface area (Å²) in [5.74, 6) is 0.916. The monoisotopic (exact) mass is 253 g/mol. The topological polar surface area (TPSA) is 69.6 Å². The van der Waals surface area contributed by atoms with Gasteiger partial charge < -0.3 is 5.73 Å². The van der Waals surface area contributed by atoms with E-state index in [1.165, 1.54) is 11.0 Å². The standard InChI is InChI=1S/C8H8BrN5/c1-5-2-6(9)7(11-3-5)14-4-12-8(10)13-14/h2-4H,1H3,(H2,10,13). The number of aromatic nitrogens is 4. The van der Waals surface area contributed by atoms with E-state index in [-0.39, 0.29) is 5.95 Å². The molecule has 0 bridgehead atoms. The van der Waals surface area contributed by atoms with Crippen molar-refractivity contribution < 1.29 is 0 Å². The van der Waals surface area contributed by atoms with Crippen molar-refractivity contribution in [3.8, 4) is 5.82 Å². The van der Waals surface area contributed by atoms with Crippen LogP contribution < -0.4 is 5.73 Å². The number of hydrogen-bond acceptors (Lipinski definition) is 4. The summed E-state index contributed by atoms with van der Waals surface area (Å²) in [5.41, 5.74) is 6.49. The molecule has 0 saturated heterocycles. The van der Waals surface area contributed by atoms with Crippen LogP contribution in [0.25, 0.3) is 5.82 Å². The number of anilines is 1. The first-order valence-corrected chi connectivity index (χ1v) is 4.76. The minimum Gasteiger partial charge on any atom is -0.366 e. The summed E-state index contributed by atoms with van der Waals surface area (Å²) < 4.78 is 2.39. The van der Waals surface area contributed by atoms with Gasteiger partial charge >= 0.3 is 0 Å². The van der Waals surface area contributed by atoms with E-state index in [1.807, 2.05) is 13.0 Å². The first kappa shape index (κ1) is 9.14. The molecule has 0 fully saturated rings. The summed E-state index contributed by atoms with van der Waals surface area (Å²) in [4.78, 5) is 8.04. The van der Waals surface area contributed by atoms with Gasteiger partial charge in [-0.05, 0) is 34.5 Å². The van der Waals surface area contributed by atoms with Crippen LogP contribution in [0.3, 0.4) is 0 Å². The highest BCUT2D eigenvalue weighted by molar-refractivity contribution is 9.10. The maximum Gasteiger partial charge on any atom is 0.239 e. The fourth-order valence-electron chi connectivity index (χ4n) is 1.07. The highest BCUT2D eigenvalue weighted by atomic mass is 79.9. The van der Waals surface area contributed by atoms with Gasteiger partial charge in [-0.25, -0.2) is 9.97 Å². The number of hydrogen-bond donors (Lipinski definition) is 1. The van der Waals surface area contributed by atoms with Crippen molar-refractivity contribution in [3.05, 3.63) is 28.6 Å². The van der Waals surface area contributed by atoms with Gasteiger partial charge in [0, 0.05) is 6.20 Å². The van der Waals surface area contributed by atoms with E-state index in [4.69, 9.17) is 5.73 Å². The molecule has 2 heterocycles. The predicted molar refractivity (Wildman–Crippen MR) is 56.0 cm³/mol. The number of nitrogens with two attached hydrogens (primary N) is 1. The molecule has 2 N–H and O–H groups in total. The Kier molecular flexibility index (Phi) is 2.20. The predicted octanol–water partition coefficient (Wildman–Crippen LogP) is 1.32. The quantitative estimate of drug-likeness (QED) is 0.833. The highest BCUT2D eigenvalue weighted by Gasteiger charge is 2.05. The second kappa shape index (κ2) is 3.38. The molecule has 0 atom stereocenters. The number of pyridine rings is 1. The molecule has 0 aliphatic heterocycles. The number of nitrogen functional groups attached to an aromatic ring is 1. The summed E-state index contributed by atoms with van der Waals surface area (Å²) in [6.07, 6.45) is 3.29. The first-order chi connectivity index (χ1) is 6.66. The second-order valence-electron chi connectivity index (χ2n) is 2.87.